The van der Waals surface area contributed by atoms with E-state index in [0.717, 1.165) is 31.2 Å². The molecular weight excluding hydrogens is 431 g/mol. The molecule has 0 bridgehead atoms. The van der Waals surface area contributed by atoms with Gasteiger partial charge in [0.05, 0.1) is 10.7 Å². The number of aryl methyl sites for hydroxylation is 4. The van der Waals surface area contributed by atoms with E-state index in [1.54, 1.807) is 18.4 Å². The Morgan fingerprint density at radius 2 is 1.92 bits per heavy atom. The minimum absolute atomic E-state index is 0. The average Bonchev–Trinajstić information content (AvgIpc) is 2.82. The van der Waals surface area contributed by atoms with Crippen molar-refractivity contribution < 1.29 is 0 Å². The smallest absolute Gasteiger partial charge is 0.191 e. The van der Waals surface area contributed by atoms with Gasteiger partial charge in [-0.1, -0.05) is 23.8 Å². The van der Waals surface area contributed by atoms with Crippen LogP contribution in [-0.4, -0.2) is 24.5 Å². The number of halogens is 1. The number of hydrogen-bond donors (Lipinski definition) is 2. The number of aliphatic imine (C=N–C) groups is 1. The molecule has 0 saturated heterocycles. The zero-order valence-corrected chi connectivity index (χ0v) is 18.2. The molecule has 0 fully saturated rings. The zero-order chi connectivity index (χ0) is 16.8. The fourth-order valence-electron chi connectivity index (χ4n) is 2.38. The van der Waals surface area contributed by atoms with Gasteiger partial charge in [0.25, 0.3) is 0 Å². The average molecular weight is 458 g/mol. The van der Waals surface area contributed by atoms with Crippen molar-refractivity contribution in [1.29, 1.82) is 0 Å². The normalized spacial score (nSPS) is 11.1. The molecule has 1 aromatic heterocycles. The lowest BCUT2D eigenvalue weighted by Gasteiger charge is -2.13. The predicted octanol–water partition coefficient (Wildman–Crippen LogP) is 3.90. The highest BCUT2D eigenvalue weighted by Gasteiger charge is 2.05. The lowest BCUT2D eigenvalue weighted by molar-refractivity contribution is 0.789. The third-order valence-electron chi connectivity index (χ3n) is 3.87. The first-order valence-electron chi connectivity index (χ1n) is 7.93. The van der Waals surface area contributed by atoms with Crippen LogP contribution < -0.4 is 10.6 Å². The summed E-state index contributed by atoms with van der Waals surface area (Å²) in [6, 6.07) is 6.53. The van der Waals surface area contributed by atoms with Gasteiger partial charge in [0.2, 0.25) is 0 Å². The summed E-state index contributed by atoms with van der Waals surface area (Å²) >= 11 is 1.78. The molecule has 0 aliphatic rings. The Morgan fingerprint density at radius 1 is 1.17 bits per heavy atom. The molecule has 0 saturated carbocycles. The molecule has 0 amide bonds. The van der Waals surface area contributed by atoms with Crippen LogP contribution in [0.1, 0.15) is 32.3 Å². The van der Waals surface area contributed by atoms with Gasteiger partial charge >= 0.3 is 0 Å². The zero-order valence-electron chi connectivity index (χ0n) is 15.1. The number of hydrogen-bond acceptors (Lipinski definition) is 3. The summed E-state index contributed by atoms with van der Waals surface area (Å²) in [5.74, 6) is 0.829. The molecule has 0 radical (unpaired) electrons. The molecule has 1 aromatic carbocycles. The van der Waals surface area contributed by atoms with E-state index in [4.69, 9.17) is 0 Å². The number of guanidine groups is 1. The fraction of sp³-hybridized carbons (Fsp3) is 0.444. The van der Waals surface area contributed by atoms with Gasteiger partial charge in [0.1, 0.15) is 0 Å². The maximum absolute atomic E-state index is 4.56. The van der Waals surface area contributed by atoms with Crippen molar-refractivity contribution >= 4 is 41.3 Å². The van der Waals surface area contributed by atoms with Crippen LogP contribution in [0.4, 0.5) is 0 Å². The monoisotopic (exact) mass is 458 g/mol. The third kappa shape index (κ3) is 6.05. The van der Waals surface area contributed by atoms with E-state index in [0.29, 0.717) is 0 Å². The molecule has 1 heterocycles. The molecule has 2 N–H and O–H groups in total. The van der Waals surface area contributed by atoms with Gasteiger partial charge in [-0.15, -0.1) is 35.3 Å². The Balaban J connectivity index is 0.00000288. The quantitative estimate of drug-likeness (QED) is 0.406. The van der Waals surface area contributed by atoms with Crippen molar-refractivity contribution in [3.05, 3.63) is 50.5 Å². The first kappa shape index (κ1) is 20.9. The first-order valence-corrected chi connectivity index (χ1v) is 8.75. The molecule has 6 heteroatoms. The maximum Gasteiger partial charge on any atom is 0.191 e. The summed E-state index contributed by atoms with van der Waals surface area (Å²) in [4.78, 5) is 10.1. The van der Waals surface area contributed by atoms with Crippen LogP contribution in [0.15, 0.2) is 23.2 Å². The molecule has 0 unspecified atom stereocenters. The summed E-state index contributed by atoms with van der Waals surface area (Å²) in [5, 5.41) is 7.90. The van der Waals surface area contributed by atoms with Crippen LogP contribution in [0.3, 0.4) is 0 Å². The largest absolute Gasteiger partial charge is 0.356 e. The Morgan fingerprint density at radius 3 is 2.50 bits per heavy atom. The lowest BCUT2D eigenvalue weighted by atomic mass is 10.1. The molecule has 2 rings (SSSR count). The van der Waals surface area contributed by atoms with Crippen molar-refractivity contribution in [3.8, 4) is 0 Å². The van der Waals surface area contributed by atoms with E-state index in [-0.39, 0.29) is 24.0 Å². The van der Waals surface area contributed by atoms with Gasteiger partial charge < -0.3 is 10.6 Å². The van der Waals surface area contributed by atoms with Crippen LogP contribution in [0, 0.1) is 27.7 Å². The van der Waals surface area contributed by atoms with Crippen LogP contribution in [-0.2, 0) is 13.0 Å². The van der Waals surface area contributed by atoms with Crippen molar-refractivity contribution in [2.45, 2.75) is 40.7 Å². The summed E-state index contributed by atoms with van der Waals surface area (Å²) < 4.78 is 0. The van der Waals surface area contributed by atoms with E-state index < -0.39 is 0 Å². The summed E-state index contributed by atoms with van der Waals surface area (Å²) in [7, 11) is 1.80. The van der Waals surface area contributed by atoms with Gasteiger partial charge in [-0.3, -0.25) is 4.99 Å². The third-order valence-corrected chi connectivity index (χ3v) is 5.00. The van der Waals surface area contributed by atoms with Crippen LogP contribution in [0.25, 0.3) is 0 Å². The minimum atomic E-state index is 0. The lowest BCUT2D eigenvalue weighted by Crippen LogP contribution is -2.38. The van der Waals surface area contributed by atoms with Crippen molar-refractivity contribution in [2.75, 3.05) is 13.6 Å². The summed E-state index contributed by atoms with van der Waals surface area (Å²) in [5.41, 5.74) is 5.04. The van der Waals surface area contributed by atoms with Crippen molar-refractivity contribution in [3.63, 3.8) is 0 Å². The topological polar surface area (TPSA) is 49.3 Å². The minimum Gasteiger partial charge on any atom is -0.356 e. The molecular formula is C18H27IN4S. The number of aromatic nitrogens is 1. The number of thiazole rings is 1. The number of benzene rings is 1. The highest BCUT2D eigenvalue weighted by molar-refractivity contribution is 14.0. The molecule has 2 aromatic rings. The molecule has 4 nitrogen and oxygen atoms in total. The molecule has 0 atom stereocenters. The predicted molar refractivity (Wildman–Crippen MR) is 115 cm³/mol. The van der Waals surface area contributed by atoms with E-state index in [1.807, 2.05) is 0 Å². The number of rotatable bonds is 5. The Hall–Kier alpha value is -1.15. The fourth-order valence-corrected chi connectivity index (χ4v) is 3.31. The van der Waals surface area contributed by atoms with Crippen molar-refractivity contribution in [2.24, 2.45) is 4.99 Å². The molecule has 132 valence electrons. The van der Waals surface area contributed by atoms with E-state index >= 15 is 0 Å². The second-order valence-corrected chi connectivity index (χ2v) is 7.07. The Bertz CT molecular complexity index is 675. The molecule has 0 spiro atoms. The van der Waals surface area contributed by atoms with Gasteiger partial charge in [-0.2, -0.15) is 0 Å². The van der Waals surface area contributed by atoms with E-state index in [9.17, 15) is 0 Å². The van der Waals surface area contributed by atoms with Gasteiger partial charge in [-0.25, -0.2) is 4.98 Å². The van der Waals surface area contributed by atoms with Crippen LogP contribution in [0.2, 0.25) is 0 Å². The first-order chi connectivity index (χ1) is 11.0. The number of nitrogens with zero attached hydrogens (tertiary/aromatic N) is 2. The maximum atomic E-state index is 4.56. The van der Waals surface area contributed by atoms with Crippen LogP contribution >= 0.6 is 35.3 Å². The second kappa shape index (κ2) is 9.98. The number of nitrogens with one attached hydrogen (secondary N) is 2. The highest BCUT2D eigenvalue weighted by Crippen LogP contribution is 2.16. The Kier molecular flexibility index (Phi) is 8.69. The van der Waals surface area contributed by atoms with E-state index in [1.165, 1.54) is 26.6 Å². The summed E-state index contributed by atoms with van der Waals surface area (Å²) in [6.07, 6.45) is 0.920. The molecule has 0 aliphatic carbocycles. The van der Waals surface area contributed by atoms with Crippen molar-refractivity contribution in [1.82, 2.24) is 15.6 Å². The standard InChI is InChI=1S/C18H26N4S.HI/c1-12-6-7-16(13(2)10-12)11-21-18(19-5)20-9-8-17-22-14(3)15(4)23-17;/h6-7,10H,8-9,11H2,1-5H3,(H2,19,20,21);1H. The second-order valence-electron chi connectivity index (χ2n) is 5.78. The molecule has 0 aliphatic heterocycles. The van der Waals surface area contributed by atoms with E-state index in [2.05, 4.69) is 66.5 Å². The van der Waals surface area contributed by atoms with Gasteiger partial charge in [0.15, 0.2) is 5.96 Å². The van der Waals surface area contributed by atoms with Gasteiger partial charge in [0, 0.05) is 31.4 Å². The SMILES string of the molecule is CN=C(NCCc1nc(C)c(C)s1)NCc1ccc(C)cc1C.I. The van der Waals surface area contributed by atoms with Crippen LogP contribution in [0.5, 0.6) is 0 Å². The highest BCUT2D eigenvalue weighted by atomic mass is 127. The summed E-state index contributed by atoms with van der Waals surface area (Å²) in [6.45, 7) is 10.1. The molecule has 24 heavy (non-hydrogen) atoms. The van der Waals surface area contributed by atoms with Gasteiger partial charge in [-0.05, 0) is 38.8 Å². The Labute approximate surface area is 166 Å².